The smallest absolute Gasteiger partial charge is 0.335 e. The first-order valence-corrected chi connectivity index (χ1v) is 8.23. The maximum absolute atomic E-state index is 12.2. The van der Waals surface area contributed by atoms with E-state index in [2.05, 4.69) is 10.6 Å². The van der Waals surface area contributed by atoms with Crippen LogP contribution < -0.4 is 15.4 Å². The zero-order valence-electron chi connectivity index (χ0n) is 14.7. The number of ether oxygens (including phenoxy) is 1. The second-order valence-electron chi connectivity index (χ2n) is 5.46. The van der Waals surface area contributed by atoms with Crippen LogP contribution >= 0.6 is 0 Å². The summed E-state index contributed by atoms with van der Waals surface area (Å²) in [6.07, 6.45) is 1.33. The molecule has 0 saturated heterocycles. The maximum Gasteiger partial charge on any atom is 0.335 e. The number of anilines is 1. The van der Waals surface area contributed by atoms with Crippen molar-refractivity contribution in [3.63, 3.8) is 0 Å². The molecule has 138 valence electrons. The number of benzene rings is 2. The molecular formula is C20H19N3O4. The molecule has 0 aromatic heterocycles. The average molecular weight is 365 g/mol. The van der Waals surface area contributed by atoms with E-state index in [0.717, 1.165) is 5.56 Å². The van der Waals surface area contributed by atoms with Crippen LogP contribution in [0.15, 0.2) is 60.3 Å². The lowest BCUT2D eigenvalue weighted by Crippen LogP contribution is -2.16. The van der Waals surface area contributed by atoms with Crippen LogP contribution in [0.3, 0.4) is 0 Å². The standard InChI is InChI=1S/C20H19N3O4/c1-2-27-18-9-7-17(8-10-18)23-19(24)16(11-21)13-22-12-14-3-5-15(6-4-14)20(25)26/h3-10,13,22H,2,12H2,1H3,(H,23,24)(H,25,26)/b16-13-. The molecule has 0 aliphatic carbocycles. The molecule has 1 amide bonds. The Balaban J connectivity index is 1.93. The van der Waals surface area contributed by atoms with Crippen molar-refractivity contribution in [2.75, 3.05) is 11.9 Å². The molecule has 2 aromatic carbocycles. The monoisotopic (exact) mass is 365 g/mol. The maximum atomic E-state index is 12.2. The zero-order valence-corrected chi connectivity index (χ0v) is 14.7. The second-order valence-corrected chi connectivity index (χ2v) is 5.46. The fourth-order valence-electron chi connectivity index (χ4n) is 2.18. The van der Waals surface area contributed by atoms with Gasteiger partial charge in [-0.05, 0) is 48.9 Å². The van der Waals surface area contributed by atoms with Crippen molar-refractivity contribution in [2.24, 2.45) is 0 Å². The Bertz CT molecular complexity index is 866. The quantitative estimate of drug-likeness (QED) is 0.490. The van der Waals surface area contributed by atoms with Crippen molar-refractivity contribution in [1.82, 2.24) is 5.32 Å². The van der Waals surface area contributed by atoms with Gasteiger partial charge in [-0.25, -0.2) is 4.79 Å². The third kappa shape index (κ3) is 5.90. The highest BCUT2D eigenvalue weighted by Crippen LogP contribution is 2.16. The van der Waals surface area contributed by atoms with Gasteiger partial charge < -0.3 is 20.5 Å². The molecule has 27 heavy (non-hydrogen) atoms. The van der Waals surface area contributed by atoms with Crippen molar-refractivity contribution >= 4 is 17.6 Å². The molecule has 0 saturated carbocycles. The number of rotatable bonds is 8. The van der Waals surface area contributed by atoms with Crippen molar-refractivity contribution in [2.45, 2.75) is 13.5 Å². The molecule has 7 nitrogen and oxygen atoms in total. The first kappa shape index (κ1) is 19.5. The van der Waals surface area contributed by atoms with Crippen LogP contribution in [0, 0.1) is 11.3 Å². The predicted octanol–water partition coefficient (Wildman–Crippen LogP) is 2.92. The number of carbonyl (C=O) groups is 2. The average Bonchev–Trinajstić information content (AvgIpc) is 2.67. The molecule has 0 aliphatic heterocycles. The van der Waals surface area contributed by atoms with Gasteiger partial charge in [0.05, 0.1) is 12.2 Å². The fraction of sp³-hybridized carbons (Fsp3) is 0.150. The lowest BCUT2D eigenvalue weighted by atomic mass is 10.1. The predicted molar refractivity (Wildman–Crippen MR) is 100 cm³/mol. The summed E-state index contributed by atoms with van der Waals surface area (Å²) >= 11 is 0. The lowest BCUT2D eigenvalue weighted by molar-refractivity contribution is -0.112. The zero-order chi connectivity index (χ0) is 19.6. The van der Waals surface area contributed by atoms with E-state index >= 15 is 0 Å². The van der Waals surface area contributed by atoms with Gasteiger partial charge in [-0.15, -0.1) is 0 Å². The molecule has 3 N–H and O–H groups in total. The highest BCUT2D eigenvalue weighted by atomic mass is 16.5. The van der Waals surface area contributed by atoms with Gasteiger partial charge in [0.1, 0.15) is 17.4 Å². The van der Waals surface area contributed by atoms with Crippen LogP contribution in [-0.4, -0.2) is 23.6 Å². The largest absolute Gasteiger partial charge is 0.494 e. The molecule has 2 rings (SSSR count). The normalized spacial score (nSPS) is 10.6. The Morgan fingerprint density at radius 1 is 1.15 bits per heavy atom. The van der Waals surface area contributed by atoms with E-state index in [0.29, 0.717) is 24.6 Å². The summed E-state index contributed by atoms with van der Waals surface area (Å²) in [6, 6.07) is 15.0. The van der Waals surface area contributed by atoms with E-state index in [4.69, 9.17) is 9.84 Å². The topological polar surface area (TPSA) is 111 Å². The van der Waals surface area contributed by atoms with E-state index in [9.17, 15) is 14.9 Å². The van der Waals surface area contributed by atoms with Gasteiger partial charge in [0.15, 0.2) is 0 Å². The molecule has 0 fully saturated rings. The summed E-state index contributed by atoms with van der Waals surface area (Å²) in [6.45, 7) is 2.78. The summed E-state index contributed by atoms with van der Waals surface area (Å²) in [5.74, 6) is -0.829. The molecule has 0 radical (unpaired) electrons. The molecule has 0 aliphatic rings. The Kier molecular flexibility index (Phi) is 6.97. The van der Waals surface area contributed by atoms with Crippen LogP contribution in [0.4, 0.5) is 5.69 Å². The Labute approximate surface area is 156 Å². The Morgan fingerprint density at radius 2 is 1.81 bits per heavy atom. The van der Waals surface area contributed by atoms with E-state index < -0.39 is 11.9 Å². The molecule has 0 heterocycles. The lowest BCUT2D eigenvalue weighted by Gasteiger charge is -2.07. The highest BCUT2D eigenvalue weighted by molar-refractivity contribution is 6.06. The van der Waals surface area contributed by atoms with Crippen LogP contribution in [0.25, 0.3) is 0 Å². The van der Waals surface area contributed by atoms with Crippen molar-refractivity contribution < 1.29 is 19.4 Å². The summed E-state index contributed by atoms with van der Waals surface area (Å²) in [4.78, 5) is 23.0. The van der Waals surface area contributed by atoms with Gasteiger partial charge in [-0.1, -0.05) is 12.1 Å². The first-order valence-electron chi connectivity index (χ1n) is 8.23. The van der Waals surface area contributed by atoms with Gasteiger partial charge in [0.25, 0.3) is 5.91 Å². The summed E-state index contributed by atoms with van der Waals surface area (Å²) in [7, 11) is 0. The van der Waals surface area contributed by atoms with Gasteiger partial charge in [0, 0.05) is 18.4 Å². The highest BCUT2D eigenvalue weighted by Gasteiger charge is 2.09. The fourth-order valence-corrected chi connectivity index (χ4v) is 2.18. The molecule has 0 spiro atoms. The second kappa shape index (κ2) is 9.63. The van der Waals surface area contributed by atoms with Crippen LogP contribution in [0.5, 0.6) is 5.75 Å². The summed E-state index contributed by atoms with van der Waals surface area (Å²) in [5.41, 5.74) is 1.49. The van der Waals surface area contributed by atoms with Crippen molar-refractivity contribution in [3.8, 4) is 11.8 Å². The summed E-state index contributed by atoms with van der Waals surface area (Å²) in [5, 5.41) is 23.6. The van der Waals surface area contributed by atoms with Crippen LogP contribution in [0.2, 0.25) is 0 Å². The Hall–Kier alpha value is -3.79. The first-order chi connectivity index (χ1) is 13.0. The third-order valence-corrected chi connectivity index (χ3v) is 3.54. The van der Waals surface area contributed by atoms with Crippen LogP contribution in [0.1, 0.15) is 22.8 Å². The number of carboxylic acid groups (broad SMARTS) is 1. The van der Waals surface area contributed by atoms with Crippen LogP contribution in [-0.2, 0) is 11.3 Å². The van der Waals surface area contributed by atoms with Gasteiger partial charge in [0.2, 0.25) is 0 Å². The van der Waals surface area contributed by atoms with E-state index in [1.165, 1.54) is 18.3 Å². The van der Waals surface area contributed by atoms with Crippen molar-refractivity contribution in [1.29, 1.82) is 5.26 Å². The molecule has 7 heteroatoms. The molecular weight excluding hydrogens is 346 g/mol. The number of carbonyl (C=O) groups excluding carboxylic acids is 1. The summed E-state index contributed by atoms with van der Waals surface area (Å²) < 4.78 is 5.33. The third-order valence-electron chi connectivity index (χ3n) is 3.54. The van der Waals surface area contributed by atoms with Gasteiger partial charge in [-0.2, -0.15) is 5.26 Å². The minimum atomic E-state index is -0.993. The van der Waals surface area contributed by atoms with Crippen molar-refractivity contribution in [3.05, 3.63) is 71.4 Å². The number of carboxylic acids is 1. The minimum absolute atomic E-state index is 0.0777. The number of nitriles is 1. The Morgan fingerprint density at radius 3 is 2.37 bits per heavy atom. The number of nitrogens with zero attached hydrogens (tertiary/aromatic N) is 1. The van der Waals surface area contributed by atoms with E-state index in [-0.39, 0.29) is 11.1 Å². The minimum Gasteiger partial charge on any atom is -0.494 e. The van der Waals surface area contributed by atoms with E-state index in [1.54, 1.807) is 36.4 Å². The number of aromatic carboxylic acids is 1. The molecule has 2 aromatic rings. The van der Waals surface area contributed by atoms with Gasteiger partial charge >= 0.3 is 5.97 Å². The molecule has 0 atom stereocenters. The molecule has 0 bridgehead atoms. The number of nitrogens with one attached hydrogen (secondary N) is 2. The number of amides is 1. The number of hydrogen-bond acceptors (Lipinski definition) is 5. The number of hydrogen-bond donors (Lipinski definition) is 3. The van der Waals surface area contributed by atoms with Gasteiger partial charge in [-0.3, -0.25) is 4.79 Å². The SMILES string of the molecule is CCOc1ccc(NC(=O)/C(C#N)=C\NCc2ccc(C(=O)O)cc2)cc1. The van der Waals surface area contributed by atoms with E-state index in [1.807, 2.05) is 13.0 Å². The molecule has 0 unspecified atom stereocenters.